The Hall–Kier alpha value is -1.10. The second kappa shape index (κ2) is 7.78. The molecule has 5 heteroatoms. The molecule has 4 N–H and O–H groups in total. The molecule has 2 atom stereocenters. The van der Waals surface area contributed by atoms with Crippen molar-refractivity contribution >= 4 is 11.8 Å². The van der Waals surface area contributed by atoms with Crippen LogP contribution in [-0.4, -0.2) is 30.4 Å². The Morgan fingerprint density at radius 2 is 1.76 bits per heavy atom. The Morgan fingerprint density at radius 1 is 1.10 bits per heavy atom. The summed E-state index contributed by atoms with van der Waals surface area (Å²) in [6.45, 7) is 2.40. The molecule has 2 amide bonds. The minimum absolute atomic E-state index is 0.00575. The SMILES string of the molecule is CC(CC(=O)NC(CN)C1CC1)NC(=O)C1CCCCC1. The Kier molecular flexibility index (Phi) is 6.03. The standard InChI is InChI=1S/C16H29N3O2/c1-11(18-16(21)13-5-3-2-4-6-13)9-15(20)19-14(10-17)12-7-8-12/h11-14H,2-10,17H2,1H3,(H,18,21)(H,19,20). The van der Waals surface area contributed by atoms with Crippen LogP contribution < -0.4 is 16.4 Å². The van der Waals surface area contributed by atoms with Gasteiger partial charge in [0.2, 0.25) is 11.8 Å². The van der Waals surface area contributed by atoms with Crippen LogP contribution in [0.1, 0.15) is 58.3 Å². The number of amides is 2. The number of nitrogens with two attached hydrogens (primary N) is 1. The first-order valence-corrected chi connectivity index (χ1v) is 8.40. The molecule has 0 bridgehead atoms. The van der Waals surface area contributed by atoms with E-state index >= 15 is 0 Å². The van der Waals surface area contributed by atoms with E-state index in [1.165, 1.54) is 6.42 Å². The highest BCUT2D eigenvalue weighted by atomic mass is 16.2. The minimum Gasteiger partial charge on any atom is -0.353 e. The minimum atomic E-state index is -0.114. The van der Waals surface area contributed by atoms with Gasteiger partial charge in [0.15, 0.2) is 0 Å². The van der Waals surface area contributed by atoms with Crippen LogP contribution >= 0.6 is 0 Å². The van der Waals surface area contributed by atoms with E-state index in [9.17, 15) is 9.59 Å². The van der Waals surface area contributed by atoms with Crippen molar-refractivity contribution in [1.29, 1.82) is 0 Å². The fourth-order valence-corrected chi connectivity index (χ4v) is 3.19. The maximum Gasteiger partial charge on any atom is 0.223 e. The normalized spacial score (nSPS) is 22.4. The summed E-state index contributed by atoms with van der Waals surface area (Å²) in [5, 5.41) is 5.98. The van der Waals surface area contributed by atoms with E-state index in [-0.39, 0.29) is 29.8 Å². The van der Waals surface area contributed by atoms with E-state index < -0.39 is 0 Å². The number of nitrogens with one attached hydrogen (secondary N) is 2. The summed E-state index contributed by atoms with van der Waals surface area (Å²) >= 11 is 0. The monoisotopic (exact) mass is 295 g/mol. The van der Waals surface area contributed by atoms with Crippen molar-refractivity contribution in [2.24, 2.45) is 17.6 Å². The average Bonchev–Trinajstić information content (AvgIpc) is 3.30. The fraction of sp³-hybridized carbons (Fsp3) is 0.875. The van der Waals surface area contributed by atoms with Gasteiger partial charge in [-0.15, -0.1) is 0 Å². The quantitative estimate of drug-likeness (QED) is 0.662. The van der Waals surface area contributed by atoms with Crippen LogP contribution in [0.4, 0.5) is 0 Å². The van der Waals surface area contributed by atoms with E-state index in [2.05, 4.69) is 10.6 Å². The van der Waals surface area contributed by atoms with Crippen molar-refractivity contribution < 1.29 is 9.59 Å². The number of carbonyl (C=O) groups is 2. The molecule has 2 aliphatic carbocycles. The van der Waals surface area contributed by atoms with Crippen LogP contribution in [0.5, 0.6) is 0 Å². The molecule has 0 aromatic carbocycles. The summed E-state index contributed by atoms with van der Waals surface area (Å²) in [5.41, 5.74) is 5.69. The molecular weight excluding hydrogens is 266 g/mol. The van der Waals surface area contributed by atoms with Crippen LogP contribution in [0.15, 0.2) is 0 Å². The third kappa shape index (κ3) is 5.30. The predicted octanol–water partition coefficient (Wildman–Crippen LogP) is 1.31. The zero-order chi connectivity index (χ0) is 15.2. The van der Waals surface area contributed by atoms with Gasteiger partial charge in [-0.2, -0.15) is 0 Å². The van der Waals surface area contributed by atoms with Crippen molar-refractivity contribution in [3.05, 3.63) is 0 Å². The number of hydrogen-bond acceptors (Lipinski definition) is 3. The van der Waals surface area contributed by atoms with Gasteiger partial charge in [-0.25, -0.2) is 0 Å². The first kappa shape index (κ1) is 16.3. The van der Waals surface area contributed by atoms with Gasteiger partial charge in [0.05, 0.1) is 0 Å². The lowest BCUT2D eigenvalue weighted by atomic mass is 9.88. The summed E-state index contributed by atoms with van der Waals surface area (Å²) in [5.74, 6) is 0.819. The Morgan fingerprint density at radius 3 is 2.33 bits per heavy atom. The maximum absolute atomic E-state index is 12.1. The molecular formula is C16H29N3O2. The van der Waals surface area contributed by atoms with Crippen LogP contribution in [0.2, 0.25) is 0 Å². The van der Waals surface area contributed by atoms with Crippen LogP contribution in [0.25, 0.3) is 0 Å². The van der Waals surface area contributed by atoms with Crippen molar-refractivity contribution in [2.75, 3.05) is 6.54 Å². The van der Waals surface area contributed by atoms with Crippen LogP contribution in [0, 0.1) is 11.8 Å². The highest BCUT2D eigenvalue weighted by molar-refractivity contribution is 5.81. The molecule has 5 nitrogen and oxygen atoms in total. The van der Waals surface area contributed by atoms with Crippen molar-refractivity contribution in [3.8, 4) is 0 Å². The molecule has 0 saturated heterocycles. The zero-order valence-electron chi connectivity index (χ0n) is 13.1. The predicted molar refractivity (Wildman–Crippen MR) is 82.5 cm³/mol. The smallest absolute Gasteiger partial charge is 0.223 e. The molecule has 0 spiro atoms. The largest absolute Gasteiger partial charge is 0.353 e. The Bertz CT molecular complexity index is 363. The maximum atomic E-state index is 12.1. The summed E-state index contributed by atoms with van der Waals surface area (Å²) in [6, 6.07) is -0.00389. The second-order valence-electron chi connectivity index (χ2n) is 6.70. The molecule has 2 aliphatic rings. The van der Waals surface area contributed by atoms with E-state index in [4.69, 9.17) is 5.73 Å². The van der Waals surface area contributed by atoms with Gasteiger partial charge >= 0.3 is 0 Å². The Labute approximate surface area is 127 Å². The van der Waals surface area contributed by atoms with Crippen LogP contribution in [-0.2, 0) is 9.59 Å². The first-order valence-electron chi connectivity index (χ1n) is 8.40. The number of rotatable bonds is 7. The van der Waals surface area contributed by atoms with Gasteiger partial charge in [-0.05, 0) is 38.5 Å². The lowest BCUT2D eigenvalue weighted by Gasteiger charge is -2.23. The third-order valence-electron chi connectivity index (χ3n) is 4.65. The third-order valence-corrected chi connectivity index (χ3v) is 4.65. The van der Waals surface area contributed by atoms with Gasteiger partial charge in [0.25, 0.3) is 0 Å². The molecule has 0 aromatic heterocycles. The number of carbonyl (C=O) groups excluding carboxylic acids is 2. The van der Waals surface area contributed by atoms with Crippen molar-refractivity contribution in [3.63, 3.8) is 0 Å². The molecule has 0 heterocycles. The second-order valence-corrected chi connectivity index (χ2v) is 6.70. The van der Waals surface area contributed by atoms with E-state index in [0.717, 1.165) is 38.5 Å². The molecule has 0 radical (unpaired) electrons. The average molecular weight is 295 g/mol. The summed E-state index contributed by atoms with van der Waals surface area (Å²) < 4.78 is 0. The van der Waals surface area contributed by atoms with E-state index in [0.29, 0.717) is 18.9 Å². The van der Waals surface area contributed by atoms with E-state index in [1.54, 1.807) is 0 Å². The lowest BCUT2D eigenvalue weighted by Crippen LogP contribution is -2.45. The first-order chi connectivity index (χ1) is 10.1. The fourth-order valence-electron chi connectivity index (χ4n) is 3.19. The van der Waals surface area contributed by atoms with Gasteiger partial charge in [-0.1, -0.05) is 19.3 Å². The van der Waals surface area contributed by atoms with Gasteiger partial charge in [0, 0.05) is 31.0 Å². The molecule has 2 rings (SSSR count). The summed E-state index contributed by atoms with van der Waals surface area (Å²) in [7, 11) is 0. The summed E-state index contributed by atoms with van der Waals surface area (Å²) in [6.07, 6.45) is 8.17. The van der Waals surface area contributed by atoms with Gasteiger partial charge < -0.3 is 16.4 Å². The van der Waals surface area contributed by atoms with Crippen molar-refractivity contribution in [2.45, 2.75) is 70.4 Å². The Balaban J connectivity index is 1.68. The zero-order valence-corrected chi connectivity index (χ0v) is 13.1. The van der Waals surface area contributed by atoms with Crippen molar-refractivity contribution in [1.82, 2.24) is 10.6 Å². The molecule has 0 aliphatic heterocycles. The topological polar surface area (TPSA) is 84.2 Å². The van der Waals surface area contributed by atoms with Gasteiger partial charge in [0.1, 0.15) is 0 Å². The molecule has 0 aromatic rings. The van der Waals surface area contributed by atoms with Gasteiger partial charge in [-0.3, -0.25) is 9.59 Å². The molecule has 21 heavy (non-hydrogen) atoms. The number of hydrogen-bond donors (Lipinski definition) is 3. The molecule has 2 unspecified atom stereocenters. The highest BCUT2D eigenvalue weighted by Gasteiger charge is 2.31. The molecule has 2 saturated carbocycles. The highest BCUT2D eigenvalue weighted by Crippen LogP contribution is 2.32. The molecule has 2 fully saturated rings. The van der Waals surface area contributed by atoms with Crippen LogP contribution in [0.3, 0.4) is 0 Å². The lowest BCUT2D eigenvalue weighted by molar-refractivity contribution is -0.127. The summed E-state index contributed by atoms with van der Waals surface area (Å²) in [4.78, 5) is 24.1. The molecule has 120 valence electrons. The van der Waals surface area contributed by atoms with E-state index in [1.807, 2.05) is 6.92 Å².